The van der Waals surface area contributed by atoms with E-state index in [4.69, 9.17) is 0 Å². The average Bonchev–Trinajstić information content (AvgIpc) is 2.64. The van der Waals surface area contributed by atoms with Crippen LogP contribution in [0.2, 0.25) is 0 Å². The Morgan fingerprint density at radius 1 is 1.35 bits per heavy atom. The predicted octanol–water partition coefficient (Wildman–Crippen LogP) is 1.31. The van der Waals surface area contributed by atoms with Crippen molar-refractivity contribution in [2.45, 2.75) is 25.9 Å². The molecule has 1 N–H and O–H groups in total. The Morgan fingerprint density at radius 3 is 2.61 bits per heavy atom. The van der Waals surface area contributed by atoms with Gasteiger partial charge in [-0.25, -0.2) is 13.2 Å². The first-order valence-corrected chi connectivity index (χ1v) is 9.09. The van der Waals surface area contributed by atoms with E-state index < -0.39 is 14.8 Å². The van der Waals surface area contributed by atoms with E-state index in [1.807, 2.05) is 6.92 Å². The summed E-state index contributed by atoms with van der Waals surface area (Å²) in [5.41, 5.74) is 0.727. The number of sulfone groups is 1. The Morgan fingerprint density at radius 2 is 2.00 bits per heavy atom. The fourth-order valence-electron chi connectivity index (χ4n) is 2.38. The fraction of sp³-hybridized carbons (Fsp3) is 0.500. The molecule has 126 valence electrons. The highest BCUT2D eigenvalue weighted by Gasteiger charge is 2.27. The molecule has 1 fully saturated rings. The van der Waals surface area contributed by atoms with Crippen LogP contribution < -0.4 is 5.32 Å². The summed E-state index contributed by atoms with van der Waals surface area (Å²) in [5, 5.41) is 13.3. The fourth-order valence-corrected chi connectivity index (χ4v) is 3.76. The van der Waals surface area contributed by atoms with Gasteiger partial charge in [0.1, 0.15) is 0 Å². The average molecular weight is 341 g/mol. The van der Waals surface area contributed by atoms with E-state index in [0.29, 0.717) is 6.42 Å². The molecule has 2 amide bonds. The first kappa shape index (κ1) is 17.2. The number of amides is 2. The zero-order valence-corrected chi connectivity index (χ0v) is 13.6. The second kappa shape index (κ2) is 6.95. The Bertz CT molecular complexity index is 687. The molecule has 0 radical (unpaired) electrons. The SMILES string of the molecule is C[C@H]1CCS(=O)(=O)CCN1C(=O)NCc1ccc([N+](=O)[O-])cc1. The molecule has 1 aromatic rings. The van der Waals surface area contributed by atoms with Crippen LogP contribution >= 0.6 is 0 Å². The first-order chi connectivity index (χ1) is 10.8. The van der Waals surface area contributed by atoms with Gasteiger partial charge in [-0.05, 0) is 18.9 Å². The van der Waals surface area contributed by atoms with E-state index in [1.54, 1.807) is 12.1 Å². The maximum atomic E-state index is 12.2. The van der Waals surface area contributed by atoms with Crippen molar-refractivity contribution in [3.63, 3.8) is 0 Å². The number of nitrogens with zero attached hydrogens (tertiary/aromatic N) is 2. The van der Waals surface area contributed by atoms with Crippen molar-refractivity contribution in [3.05, 3.63) is 39.9 Å². The number of hydrogen-bond acceptors (Lipinski definition) is 5. The maximum absolute atomic E-state index is 12.2. The summed E-state index contributed by atoms with van der Waals surface area (Å²) < 4.78 is 23.3. The molecule has 0 spiro atoms. The minimum atomic E-state index is -3.08. The van der Waals surface area contributed by atoms with Gasteiger partial charge in [-0.2, -0.15) is 0 Å². The quantitative estimate of drug-likeness (QED) is 0.658. The van der Waals surface area contributed by atoms with Crippen molar-refractivity contribution in [1.82, 2.24) is 10.2 Å². The second-order valence-corrected chi connectivity index (χ2v) is 7.87. The van der Waals surface area contributed by atoms with Crippen molar-refractivity contribution >= 4 is 21.6 Å². The van der Waals surface area contributed by atoms with E-state index in [9.17, 15) is 23.3 Å². The smallest absolute Gasteiger partial charge is 0.317 e. The van der Waals surface area contributed by atoms with Crippen molar-refractivity contribution in [3.8, 4) is 0 Å². The normalized spacial score (nSPS) is 20.6. The lowest BCUT2D eigenvalue weighted by molar-refractivity contribution is -0.384. The lowest BCUT2D eigenvalue weighted by Crippen LogP contribution is -2.45. The van der Waals surface area contributed by atoms with Gasteiger partial charge in [-0.1, -0.05) is 12.1 Å². The molecule has 0 unspecified atom stereocenters. The standard InChI is InChI=1S/C14H19N3O5S/c1-11-6-8-23(21,22)9-7-16(11)14(18)15-10-12-2-4-13(5-3-12)17(19)20/h2-5,11H,6-10H2,1H3,(H,15,18)/t11-/m0/s1. The molecule has 0 saturated carbocycles. The molecule has 2 rings (SSSR count). The van der Waals surface area contributed by atoms with Crippen LogP contribution in [-0.4, -0.2) is 48.4 Å². The van der Waals surface area contributed by atoms with Gasteiger partial charge in [0.05, 0.1) is 16.4 Å². The predicted molar refractivity (Wildman–Crippen MR) is 84.8 cm³/mol. The van der Waals surface area contributed by atoms with Crippen LogP contribution in [0.1, 0.15) is 18.9 Å². The van der Waals surface area contributed by atoms with Gasteiger partial charge < -0.3 is 10.2 Å². The Hall–Kier alpha value is -2.16. The zero-order valence-electron chi connectivity index (χ0n) is 12.8. The number of nitro benzene ring substituents is 1. The summed E-state index contributed by atoms with van der Waals surface area (Å²) in [6.45, 7) is 2.23. The van der Waals surface area contributed by atoms with Crippen molar-refractivity contribution in [2.75, 3.05) is 18.1 Å². The summed E-state index contributed by atoms with van der Waals surface area (Å²) in [4.78, 5) is 23.9. The molecular formula is C14H19N3O5S. The van der Waals surface area contributed by atoms with Crippen LogP contribution in [0.3, 0.4) is 0 Å². The highest BCUT2D eigenvalue weighted by atomic mass is 32.2. The number of hydrogen-bond donors (Lipinski definition) is 1. The van der Waals surface area contributed by atoms with Crippen LogP contribution in [-0.2, 0) is 16.4 Å². The number of benzene rings is 1. The number of nitro groups is 1. The number of carbonyl (C=O) groups is 1. The number of carbonyl (C=O) groups excluding carboxylic acids is 1. The molecule has 9 heteroatoms. The topological polar surface area (TPSA) is 110 Å². The number of rotatable bonds is 3. The molecule has 1 aromatic carbocycles. The molecule has 8 nitrogen and oxygen atoms in total. The van der Waals surface area contributed by atoms with E-state index >= 15 is 0 Å². The Kier molecular flexibility index (Phi) is 5.19. The monoisotopic (exact) mass is 341 g/mol. The summed E-state index contributed by atoms with van der Waals surface area (Å²) in [6.07, 6.45) is 0.424. The lowest BCUT2D eigenvalue weighted by Gasteiger charge is -2.26. The Labute approximate surface area is 134 Å². The summed E-state index contributed by atoms with van der Waals surface area (Å²) in [5.74, 6) is 0.0720. The van der Waals surface area contributed by atoms with Gasteiger partial charge in [0.15, 0.2) is 9.84 Å². The summed E-state index contributed by atoms with van der Waals surface area (Å²) >= 11 is 0. The summed E-state index contributed by atoms with van der Waals surface area (Å²) in [7, 11) is -3.08. The van der Waals surface area contributed by atoms with Crippen LogP contribution in [0.5, 0.6) is 0 Å². The van der Waals surface area contributed by atoms with Crippen LogP contribution in [0, 0.1) is 10.1 Å². The third kappa shape index (κ3) is 4.65. The minimum Gasteiger partial charge on any atom is -0.334 e. The lowest BCUT2D eigenvalue weighted by atomic mass is 10.2. The maximum Gasteiger partial charge on any atom is 0.317 e. The largest absolute Gasteiger partial charge is 0.334 e. The van der Waals surface area contributed by atoms with Crippen LogP contribution in [0.15, 0.2) is 24.3 Å². The van der Waals surface area contributed by atoms with Crippen LogP contribution in [0.25, 0.3) is 0 Å². The molecule has 1 heterocycles. The van der Waals surface area contributed by atoms with Crippen molar-refractivity contribution in [1.29, 1.82) is 0 Å². The van der Waals surface area contributed by atoms with Crippen molar-refractivity contribution in [2.24, 2.45) is 0 Å². The molecule has 0 bridgehead atoms. The van der Waals surface area contributed by atoms with Crippen molar-refractivity contribution < 1.29 is 18.1 Å². The molecule has 1 saturated heterocycles. The molecule has 0 aliphatic carbocycles. The molecular weight excluding hydrogens is 322 g/mol. The van der Waals surface area contributed by atoms with Crippen LogP contribution in [0.4, 0.5) is 10.5 Å². The summed E-state index contributed by atoms with van der Waals surface area (Å²) in [6, 6.07) is 5.44. The van der Waals surface area contributed by atoms with Gasteiger partial charge in [0, 0.05) is 31.3 Å². The van der Waals surface area contributed by atoms with E-state index in [-0.39, 0.29) is 42.4 Å². The Balaban J connectivity index is 1.94. The highest BCUT2D eigenvalue weighted by Crippen LogP contribution is 2.14. The number of urea groups is 1. The molecule has 1 atom stereocenters. The third-order valence-corrected chi connectivity index (χ3v) is 5.54. The van der Waals surface area contributed by atoms with Gasteiger partial charge in [0.2, 0.25) is 0 Å². The molecule has 1 aliphatic rings. The highest BCUT2D eigenvalue weighted by molar-refractivity contribution is 7.91. The van der Waals surface area contributed by atoms with Gasteiger partial charge in [0.25, 0.3) is 5.69 Å². The minimum absolute atomic E-state index is 0.00794. The second-order valence-electron chi connectivity index (χ2n) is 5.57. The van der Waals surface area contributed by atoms with E-state index in [0.717, 1.165) is 5.56 Å². The number of nitrogens with one attached hydrogen (secondary N) is 1. The third-order valence-electron chi connectivity index (χ3n) is 3.87. The van der Waals surface area contributed by atoms with E-state index in [2.05, 4.69) is 5.32 Å². The molecule has 23 heavy (non-hydrogen) atoms. The van der Waals surface area contributed by atoms with Gasteiger partial charge in [-0.15, -0.1) is 0 Å². The van der Waals surface area contributed by atoms with Gasteiger partial charge >= 0.3 is 6.03 Å². The first-order valence-electron chi connectivity index (χ1n) is 7.27. The van der Waals surface area contributed by atoms with Gasteiger partial charge in [-0.3, -0.25) is 10.1 Å². The van der Waals surface area contributed by atoms with E-state index in [1.165, 1.54) is 17.0 Å². The zero-order chi connectivity index (χ0) is 17.0. The number of non-ortho nitro benzene ring substituents is 1. The molecule has 1 aliphatic heterocycles. The molecule has 0 aromatic heterocycles.